The molecule has 150 valence electrons. The van der Waals surface area contributed by atoms with Crippen LogP contribution in [0.1, 0.15) is 56.3 Å². The predicted octanol–water partition coefficient (Wildman–Crippen LogP) is 5.52. The summed E-state index contributed by atoms with van der Waals surface area (Å²) in [6.45, 7) is 5.52. The van der Waals surface area contributed by atoms with Crippen LogP contribution in [-0.2, 0) is 4.74 Å². The molecule has 4 nitrogen and oxygen atoms in total. The zero-order valence-electron chi connectivity index (χ0n) is 17.3. The number of hydrogen-bond acceptors (Lipinski definition) is 4. The van der Waals surface area contributed by atoms with Crippen molar-refractivity contribution in [3.05, 3.63) is 48.0 Å². The fourth-order valence-corrected chi connectivity index (χ4v) is 4.24. The number of benzene rings is 2. The Morgan fingerprint density at radius 3 is 2.50 bits per heavy atom. The van der Waals surface area contributed by atoms with Gasteiger partial charge in [-0.1, -0.05) is 57.4 Å². The summed E-state index contributed by atoms with van der Waals surface area (Å²) in [5.74, 6) is 0.239. The third kappa shape index (κ3) is 4.49. The van der Waals surface area contributed by atoms with E-state index in [0.29, 0.717) is 17.5 Å². The van der Waals surface area contributed by atoms with Crippen molar-refractivity contribution in [3.63, 3.8) is 0 Å². The van der Waals surface area contributed by atoms with E-state index in [0.717, 1.165) is 29.0 Å². The molecule has 0 bridgehead atoms. The van der Waals surface area contributed by atoms with E-state index in [2.05, 4.69) is 30.9 Å². The van der Waals surface area contributed by atoms with Gasteiger partial charge in [-0.2, -0.15) is 0 Å². The number of esters is 1. The highest BCUT2D eigenvalue weighted by atomic mass is 16.5. The predicted molar refractivity (Wildman–Crippen MR) is 117 cm³/mol. The molecule has 1 saturated carbocycles. The number of carbonyl (C=O) groups excluding carboxylic acids is 1. The van der Waals surface area contributed by atoms with Crippen molar-refractivity contribution in [1.29, 1.82) is 0 Å². The van der Waals surface area contributed by atoms with Crippen molar-refractivity contribution in [1.82, 2.24) is 0 Å². The second-order valence-corrected chi connectivity index (χ2v) is 8.15. The molecule has 2 aromatic rings. The molecule has 0 aromatic heterocycles. The first kappa shape index (κ1) is 20.2. The largest absolute Gasteiger partial charge is 0.465 e. The SMILES string of the molecule is COC(=O)c1ccccc1-c1ccc(N(CC(C)C)C2CCCCC2)c(N)c1. The van der Waals surface area contributed by atoms with Crippen LogP contribution in [-0.4, -0.2) is 25.7 Å². The fourth-order valence-electron chi connectivity index (χ4n) is 4.24. The maximum Gasteiger partial charge on any atom is 0.338 e. The van der Waals surface area contributed by atoms with Crippen molar-refractivity contribution in [3.8, 4) is 11.1 Å². The summed E-state index contributed by atoms with van der Waals surface area (Å²) in [6, 6.07) is 14.3. The lowest BCUT2D eigenvalue weighted by Gasteiger charge is -2.38. The van der Waals surface area contributed by atoms with E-state index >= 15 is 0 Å². The summed E-state index contributed by atoms with van der Waals surface area (Å²) >= 11 is 0. The van der Waals surface area contributed by atoms with Gasteiger partial charge >= 0.3 is 5.97 Å². The Hall–Kier alpha value is -2.49. The normalized spacial score (nSPS) is 14.9. The van der Waals surface area contributed by atoms with E-state index in [1.807, 2.05) is 24.3 Å². The van der Waals surface area contributed by atoms with Crippen LogP contribution in [0.5, 0.6) is 0 Å². The Labute approximate surface area is 168 Å². The van der Waals surface area contributed by atoms with Crippen LogP contribution in [0.15, 0.2) is 42.5 Å². The lowest BCUT2D eigenvalue weighted by Crippen LogP contribution is -2.39. The molecule has 1 aliphatic carbocycles. The number of hydrogen-bond donors (Lipinski definition) is 1. The number of anilines is 2. The van der Waals surface area contributed by atoms with Crippen molar-refractivity contribution in [2.24, 2.45) is 5.92 Å². The molecule has 2 aromatic carbocycles. The summed E-state index contributed by atoms with van der Waals surface area (Å²) in [7, 11) is 1.41. The Balaban J connectivity index is 1.96. The van der Waals surface area contributed by atoms with E-state index in [4.69, 9.17) is 10.5 Å². The Morgan fingerprint density at radius 2 is 1.86 bits per heavy atom. The highest BCUT2D eigenvalue weighted by molar-refractivity contribution is 5.97. The van der Waals surface area contributed by atoms with Crippen LogP contribution in [0.4, 0.5) is 11.4 Å². The number of nitrogens with zero attached hydrogens (tertiary/aromatic N) is 1. The first-order valence-corrected chi connectivity index (χ1v) is 10.3. The first-order valence-electron chi connectivity index (χ1n) is 10.3. The molecule has 0 amide bonds. The highest BCUT2D eigenvalue weighted by Gasteiger charge is 2.24. The van der Waals surface area contributed by atoms with Crippen molar-refractivity contribution in [2.45, 2.75) is 52.0 Å². The zero-order valence-corrected chi connectivity index (χ0v) is 17.3. The molecule has 0 spiro atoms. The van der Waals surface area contributed by atoms with Gasteiger partial charge in [0.2, 0.25) is 0 Å². The minimum atomic E-state index is -0.332. The standard InChI is InChI=1S/C24H32N2O2/c1-17(2)16-26(19-9-5-4-6-10-19)23-14-13-18(15-22(23)25)20-11-7-8-12-21(20)24(27)28-3/h7-8,11-15,17,19H,4-6,9-10,16,25H2,1-3H3. The number of rotatable bonds is 6. The monoisotopic (exact) mass is 380 g/mol. The Bertz CT molecular complexity index is 810. The Kier molecular flexibility index (Phi) is 6.61. The van der Waals surface area contributed by atoms with E-state index in [-0.39, 0.29) is 5.97 Å². The van der Waals surface area contributed by atoms with Gasteiger partial charge in [-0.05, 0) is 48.1 Å². The van der Waals surface area contributed by atoms with Gasteiger partial charge in [0.15, 0.2) is 0 Å². The van der Waals surface area contributed by atoms with Gasteiger partial charge in [-0.15, -0.1) is 0 Å². The van der Waals surface area contributed by atoms with E-state index in [1.165, 1.54) is 39.2 Å². The minimum Gasteiger partial charge on any atom is -0.465 e. The minimum absolute atomic E-state index is 0.332. The third-order valence-electron chi connectivity index (χ3n) is 5.56. The number of carbonyl (C=O) groups is 1. The lowest BCUT2D eigenvalue weighted by atomic mass is 9.92. The van der Waals surface area contributed by atoms with Gasteiger partial charge in [0.1, 0.15) is 0 Å². The molecule has 0 aliphatic heterocycles. The van der Waals surface area contributed by atoms with Crippen LogP contribution in [0.3, 0.4) is 0 Å². The van der Waals surface area contributed by atoms with Crippen molar-refractivity contribution < 1.29 is 9.53 Å². The van der Waals surface area contributed by atoms with Crippen LogP contribution in [0.25, 0.3) is 11.1 Å². The second kappa shape index (κ2) is 9.13. The molecular weight excluding hydrogens is 348 g/mol. The molecule has 28 heavy (non-hydrogen) atoms. The average molecular weight is 381 g/mol. The molecule has 0 saturated heterocycles. The fraction of sp³-hybridized carbons (Fsp3) is 0.458. The molecule has 3 rings (SSSR count). The van der Waals surface area contributed by atoms with Gasteiger partial charge in [0.05, 0.1) is 24.0 Å². The summed E-state index contributed by atoms with van der Waals surface area (Å²) in [6.07, 6.45) is 6.40. The van der Waals surface area contributed by atoms with E-state index < -0.39 is 0 Å². The summed E-state index contributed by atoms with van der Waals surface area (Å²) < 4.78 is 4.94. The van der Waals surface area contributed by atoms with Gasteiger partial charge in [-0.25, -0.2) is 4.79 Å². The van der Waals surface area contributed by atoms with Crippen LogP contribution in [0.2, 0.25) is 0 Å². The van der Waals surface area contributed by atoms with Crippen molar-refractivity contribution >= 4 is 17.3 Å². The van der Waals surface area contributed by atoms with Gasteiger partial charge in [0.25, 0.3) is 0 Å². The van der Waals surface area contributed by atoms with E-state index in [9.17, 15) is 4.79 Å². The van der Waals surface area contributed by atoms with E-state index in [1.54, 1.807) is 6.07 Å². The van der Waals surface area contributed by atoms with Crippen molar-refractivity contribution in [2.75, 3.05) is 24.3 Å². The molecule has 2 N–H and O–H groups in total. The summed E-state index contributed by atoms with van der Waals surface area (Å²) in [5, 5.41) is 0. The maximum absolute atomic E-state index is 12.1. The first-order chi connectivity index (χ1) is 13.5. The second-order valence-electron chi connectivity index (χ2n) is 8.15. The molecule has 0 heterocycles. The molecule has 0 atom stereocenters. The van der Waals surface area contributed by atoms with Crippen LogP contribution in [0, 0.1) is 5.92 Å². The molecule has 0 unspecified atom stereocenters. The van der Waals surface area contributed by atoms with Gasteiger partial charge < -0.3 is 15.4 Å². The smallest absolute Gasteiger partial charge is 0.338 e. The van der Waals surface area contributed by atoms with Gasteiger partial charge in [-0.3, -0.25) is 0 Å². The highest BCUT2D eigenvalue weighted by Crippen LogP contribution is 2.35. The number of nitrogens with two attached hydrogens (primary N) is 1. The topological polar surface area (TPSA) is 55.6 Å². The molecular formula is C24H32N2O2. The third-order valence-corrected chi connectivity index (χ3v) is 5.56. The quantitative estimate of drug-likeness (QED) is 0.530. The maximum atomic E-state index is 12.1. The van der Waals surface area contributed by atoms with Crippen LogP contribution >= 0.6 is 0 Å². The molecule has 1 aliphatic rings. The summed E-state index contributed by atoms with van der Waals surface area (Å²) in [5.41, 5.74) is 10.8. The van der Waals surface area contributed by atoms with Crippen LogP contribution < -0.4 is 10.6 Å². The zero-order chi connectivity index (χ0) is 20.1. The molecule has 1 fully saturated rings. The molecule has 0 radical (unpaired) electrons. The number of ether oxygens (including phenoxy) is 1. The average Bonchev–Trinajstić information content (AvgIpc) is 2.72. The number of methoxy groups -OCH3 is 1. The Morgan fingerprint density at radius 1 is 1.14 bits per heavy atom. The number of nitrogen functional groups attached to an aromatic ring is 1. The lowest BCUT2D eigenvalue weighted by molar-refractivity contribution is 0.0601. The molecule has 4 heteroatoms. The summed E-state index contributed by atoms with van der Waals surface area (Å²) in [4.78, 5) is 14.6. The van der Waals surface area contributed by atoms with Gasteiger partial charge in [0, 0.05) is 12.6 Å².